The maximum absolute atomic E-state index is 11.0. The topological polar surface area (TPSA) is 26.3 Å². The number of hydrogen-bond donors (Lipinski definition) is 0. The first-order valence-electron chi connectivity index (χ1n) is 3.01. The standard InChI is InChI=1S/C7H7ClO2P/c1-10-11(9)7-4-2-3-6(8)5-7/h2-5H,1H3/q+1. The van der Waals surface area contributed by atoms with E-state index in [0.29, 0.717) is 10.3 Å². The average Bonchev–Trinajstić information content (AvgIpc) is 2.03. The van der Waals surface area contributed by atoms with Crippen molar-refractivity contribution in [2.75, 3.05) is 7.11 Å². The molecule has 0 fully saturated rings. The third-order valence-corrected chi connectivity index (χ3v) is 2.45. The molecule has 1 rings (SSSR count). The fourth-order valence-electron chi connectivity index (χ4n) is 0.695. The number of benzene rings is 1. The van der Waals surface area contributed by atoms with E-state index < -0.39 is 8.03 Å². The lowest BCUT2D eigenvalue weighted by molar-refractivity contribution is 0.423. The van der Waals surface area contributed by atoms with Crippen molar-refractivity contribution in [1.29, 1.82) is 0 Å². The van der Waals surface area contributed by atoms with Gasteiger partial charge < -0.3 is 0 Å². The van der Waals surface area contributed by atoms with Gasteiger partial charge in [-0.15, -0.1) is 4.52 Å². The van der Waals surface area contributed by atoms with E-state index in [9.17, 15) is 4.57 Å². The molecule has 11 heavy (non-hydrogen) atoms. The van der Waals surface area contributed by atoms with Gasteiger partial charge in [-0.05, 0) is 16.7 Å². The summed E-state index contributed by atoms with van der Waals surface area (Å²) < 4.78 is 15.7. The van der Waals surface area contributed by atoms with Crippen molar-refractivity contribution in [3.05, 3.63) is 29.3 Å². The van der Waals surface area contributed by atoms with Gasteiger partial charge in [-0.2, -0.15) is 0 Å². The molecule has 1 aromatic carbocycles. The van der Waals surface area contributed by atoms with E-state index in [1.807, 2.05) is 0 Å². The normalized spacial score (nSPS) is 11.3. The van der Waals surface area contributed by atoms with E-state index in [0.717, 1.165) is 0 Å². The zero-order valence-corrected chi connectivity index (χ0v) is 7.60. The van der Waals surface area contributed by atoms with E-state index in [1.165, 1.54) is 7.11 Å². The van der Waals surface area contributed by atoms with Gasteiger partial charge in [0.1, 0.15) is 0 Å². The van der Waals surface area contributed by atoms with Crippen LogP contribution in [0.2, 0.25) is 5.02 Å². The highest BCUT2D eigenvalue weighted by Gasteiger charge is 2.19. The summed E-state index contributed by atoms with van der Waals surface area (Å²) in [5.74, 6) is 0. The van der Waals surface area contributed by atoms with Gasteiger partial charge in [-0.25, -0.2) is 0 Å². The summed E-state index contributed by atoms with van der Waals surface area (Å²) in [6.07, 6.45) is 0. The van der Waals surface area contributed by atoms with Crippen LogP contribution in [0.15, 0.2) is 24.3 Å². The molecule has 0 aliphatic carbocycles. The molecule has 1 unspecified atom stereocenters. The monoisotopic (exact) mass is 189 g/mol. The van der Waals surface area contributed by atoms with Crippen LogP contribution in [0.25, 0.3) is 0 Å². The Bertz CT molecular complexity index is 275. The molecular weight excluding hydrogens is 183 g/mol. The van der Waals surface area contributed by atoms with Crippen LogP contribution in [0.3, 0.4) is 0 Å². The van der Waals surface area contributed by atoms with Gasteiger partial charge in [0.05, 0.1) is 7.11 Å². The fourth-order valence-corrected chi connectivity index (χ4v) is 1.62. The van der Waals surface area contributed by atoms with Crippen LogP contribution in [0.1, 0.15) is 0 Å². The van der Waals surface area contributed by atoms with Crippen molar-refractivity contribution in [3.63, 3.8) is 0 Å². The van der Waals surface area contributed by atoms with Gasteiger partial charge in [0.15, 0.2) is 0 Å². The van der Waals surface area contributed by atoms with Crippen LogP contribution in [0, 0.1) is 0 Å². The molecule has 1 aromatic rings. The minimum absolute atomic E-state index is 0.572. The van der Waals surface area contributed by atoms with Crippen LogP contribution in [-0.2, 0) is 9.09 Å². The Hall–Kier alpha value is -0.430. The van der Waals surface area contributed by atoms with Crippen molar-refractivity contribution in [1.82, 2.24) is 0 Å². The molecule has 0 N–H and O–H groups in total. The first-order chi connectivity index (χ1) is 5.24. The molecule has 2 nitrogen and oxygen atoms in total. The van der Waals surface area contributed by atoms with E-state index in [1.54, 1.807) is 24.3 Å². The second kappa shape index (κ2) is 3.82. The van der Waals surface area contributed by atoms with Gasteiger partial charge in [-0.3, -0.25) is 0 Å². The van der Waals surface area contributed by atoms with Crippen LogP contribution in [0.4, 0.5) is 0 Å². The maximum atomic E-state index is 11.0. The predicted octanol–water partition coefficient (Wildman–Crippen LogP) is 2.35. The zero-order chi connectivity index (χ0) is 8.27. The smallest absolute Gasteiger partial charge is 0.145 e. The summed E-state index contributed by atoms with van der Waals surface area (Å²) in [5, 5.41) is 1.19. The fraction of sp³-hybridized carbons (Fsp3) is 0.143. The highest BCUT2D eigenvalue weighted by molar-refractivity contribution is 7.48. The number of rotatable bonds is 2. The quantitative estimate of drug-likeness (QED) is 0.668. The number of halogens is 1. The van der Waals surface area contributed by atoms with Crippen molar-refractivity contribution >= 4 is 24.9 Å². The van der Waals surface area contributed by atoms with Crippen LogP contribution in [0.5, 0.6) is 0 Å². The SMILES string of the molecule is CO[P+](=O)c1cccc(Cl)c1. The zero-order valence-electron chi connectivity index (χ0n) is 5.95. The second-order valence-electron chi connectivity index (χ2n) is 1.92. The summed E-state index contributed by atoms with van der Waals surface area (Å²) in [6.45, 7) is 0. The van der Waals surface area contributed by atoms with E-state index in [2.05, 4.69) is 4.52 Å². The Morgan fingerprint density at radius 2 is 2.27 bits per heavy atom. The lowest BCUT2D eigenvalue weighted by Crippen LogP contribution is -1.94. The molecule has 0 heterocycles. The Morgan fingerprint density at radius 1 is 1.55 bits per heavy atom. The molecule has 0 saturated carbocycles. The molecule has 0 bridgehead atoms. The Morgan fingerprint density at radius 3 is 2.82 bits per heavy atom. The minimum Gasteiger partial charge on any atom is -0.145 e. The Balaban J connectivity index is 2.96. The molecule has 58 valence electrons. The molecule has 4 heteroatoms. The third kappa shape index (κ3) is 2.26. The summed E-state index contributed by atoms with van der Waals surface area (Å²) >= 11 is 5.66. The lowest BCUT2D eigenvalue weighted by Gasteiger charge is -1.86. The summed E-state index contributed by atoms with van der Waals surface area (Å²) in [7, 11) is -0.322. The number of hydrogen-bond acceptors (Lipinski definition) is 2. The molecule has 0 aliphatic heterocycles. The largest absolute Gasteiger partial charge is 0.548 e. The van der Waals surface area contributed by atoms with Crippen LogP contribution >= 0.6 is 19.6 Å². The first-order valence-corrected chi connectivity index (χ1v) is 4.56. The molecule has 0 amide bonds. The van der Waals surface area contributed by atoms with Gasteiger partial charge in [0, 0.05) is 11.1 Å². The molecule has 0 spiro atoms. The predicted molar refractivity (Wildman–Crippen MR) is 45.7 cm³/mol. The molecule has 0 aliphatic rings. The summed E-state index contributed by atoms with van der Waals surface area (Å²) in [4.78, 5) is 0. The summed E-state index contributed by atoms with van der Waals surface area (Å²) in [6, 6.07) is 6.81. The van der Waals surface area contributed by atoms with Crippen LogP contribution < -0.4 is 5.30 Å². The van der Waals surface area contributed by atoms with Gasteiger partial charge in [0.2, 0.25) is 5.30 Å². The molecule has 0 saturated heterocycles. The van der Waals surface area contributed by atoms with Crippen LogP contribution in [-0.4, -0.2) is 7.11 Å². The Kier molecular flexibility index (Phi) is 3.01. The highest BCUT2D eigenvalue weighted by atomic mass is 35.5. The minimum atomic E-state index is -1.72. The highest BCUT2D eigenvalue weighted by Crippen LogP contribution is 2.20. The van der Waals surface area contributed by atoms with Crippen molar-refractivity contribution in [2.45, 2.75) is 0 Å². The average molecular weight is 190 g/mol. The van der Waals surface area contributed by atoms with Gasteiger partial charge in [-0.1, -0.05) is 17.7 Å². The van der Waals surface area contributed by atoms with Crippen molar-refractivity contribution in [2.24, 2.45) is 0 Å². The molecule has 0 radical (unpaired) electrons. The van der Waals surface area contributed by atoms with Crippen molar-refractivity contribution in [3.8, 4) is 0 Å². The van der Waals surface area contributed by atoms with Crippen molar-refractivity contribution < 1.29 is 9.09 Å². The molecule has 1 atom stereocenters. The van der Waals surface area contributed by atoms with Gasteiger partial charge in [0.25, 0.3) is 0 Å². The second-order valence-corrected chi connectivity index (χ2v) is 3.75. The summed E-state index contributed by atoms with van der Waals surface area (Å²) in [5.41, 5.74) is 0. The van der Waals surface area contributed by atoms with E-state index in [4.69, 9.17) is 11.6 Å². The van der Waals surface area contributed by atoms with Gasteiger partial charge >= 0.3 is 8.03 Å². The maximum Gasteiger partial charge on any atom is 0.548 e. The van der Waals surface area contributed by atoms with E-state index >= 15 is 0 Å². The van der Waals surface area contributed by atoms with E-state index in [-0.39, 0.29) is 0 Å². The molecular formula is C7H7ClO2P+. The molecule has 0 aromatic heterocycles. The lowest BCUT2D eigenvalue weighted by atomic mass is 10.4. The third-order valence-electron chi connectivity index (χ3n) is 1.18. The Labute approximate surface area is 71.0 Å². The first kappa shape index (κ1) is 8.66.